The smallest absolute Gasteiger partial charge is 0.267 e. The van der Waals surface area contributed by atoms with Gasteiger partial charge in [-0.25, -0.2) is 0 Å². The molecular weight excluding hydrogens is 268 g/mol. The van der Waals surface area contributed by atoms with Crippen LogP contribution in [0.4, 0.5) is 0 Å². The maximum atomic E-state index is 11.9. The molecule has 1 aromatic rings. The summed E-state index contributed by atoms with van der Waals surface area (Å²) in [5.74, 6) is -0.00611. The summed E-state index contributed by atoms with van der Waals surface area (Å²) in [5, 5.41) is 3.07. The summed E-state index contributed by atoms with van der Waals surface area (Å²) in [6.45, 7) is 4.51. The van der Waals surface area contributed by atoms with Gasteiger partial charge in [-0.3, -0.25) is 4.79 Å². The fraction of sp³-hybridized carbons (Fsp3) is 0.583. The first-order valence-corrected chi connectivity index (χ1v) is 6.40. The van der Waals surface area contributed by atoms with Gasteiger partial charge in [0.2, 0.25) is 0 Å². The fourth-order valence-corrected chi connectivity index (χ4v) is 2.66. The summed E-state index contributed by atoms with van der Waals surface area (Å²) in [7, 11) is 0. The van der Waals surface area contributed by atoms with Gasteiger partial charge in [0.15, 0.2) is 0 Å². The number of nitrogens with one attached hydrogen (secondary N) is 2. The summed E-state index contributed by atoms with van der Waals surface area (Å²) >= 11 is 3.32. The number of carbonyl (C=O) groups excluding carboxylic acids is 1. The zero-order valence-electron chi connectivity index (χ0n) is 9.64. The molecule has 1 fully saturated rings. The highest BCUT2D eigenvalue weighted by atomic mass is 79.9. The minimum Gasteiger partial charge on any atom is -0.356 e. The third kappa shape index (κ3) is 2.67. The Bertz CT molecular complexity index is 397. The van der Waals surface area contributed by atoms with Crippen molar-refractivity contribution in [3.05, 3.63) is 22.4 Å². The molecule has 0 aromatic carbocycles. The van der Waals surface area contributed by atoms with Crippen molar-refractivity contribution in [2.45, 2.75) is 39.2 Å². The maximum Gasteiger partial charge on any atom is 0.267 e. The van der Waals surface area contributed by atoms with E-state index in [1.165, 1.54) is 6.42 Å². The first-order valence-electron chi connectivity index (χ1n) is 5.61. The number of hydrogen-bond acceptors (Lipinski definition) is 1. The number of carbonyl (C=O) groups is 1. The predicted octanol–water partition coefficient (Wildman–Crippen LogP) is 3.09. The first kappa shape index (κ1) is 11.7. The molecule has 1 amide bonds. The minimum atomic E-state index is -0.00611. The number of aromatic amines is 1. The highest BCUT2D eigenvalue weighted by Crippen LogP contribution is 2.36. The summed E-state index contributed by atoms with van der Waals surface area (Å²) in [6, 6.07) is 2.12. The van der Waals surface area contributed by atoms with Crippen molar-refractivity contribution in [3.8, 4) is 0 Å². The Morgan fingerprint density at radius 3 is 2.88 bits per heavy atom. The monoisotopic (exact) mass is 284 g/mol. The summed E-state index contributed by atoms with van der Waals surface area (Å²) in [5.41, 5.74) is 0.991. The Hall–Kier alpha value is -0.770. The Morgan fingerprint density at radius 1 is 1.62 bits per heavy atom. The molecule has 0 saturated heterocycles. The lowest BCUT2D eigenvalue weighted by atomic mass is 9.92. The van der Waals surface area contributed by atoms with E-state index < -0.39 is 0 Å². The van der Waals surface area contributed by atoms with Gasteiger partial charge in [-0.2, -0.15) is 0 Å². The van der Waals surface area contributed by atoms with Crippen LogP contribution < -0.4 is 5.32 Å². The normalized spacial score (nSPS) is 23.3. The zero-order valence-corrected chi connectivity index (χ0v) is 11.2. The van der Waals surface area contributed by atoms with E-state index in [1.807, 2.05) is 0 Å². The fourth-order valence-electron chi connectivity index (χ4n) is 2.32. The van der Waals surface area contributed by atoms with Crippen molar-refractivity contribution in [1.82, 2.24) is 10.3 Å². The van der Waals surface area contributed by atoms with Crippen LogP contribution in [0, 0.1) is 5.41 Å². The standard InChI is InChI=1S/C12H17BrN2O/c1-12(2)4-3-9(6-12)15-11(16)10-5-8(13)7-14-10/h5,7,9,14H,3-4,6H2,1-2H3,(H,15,16). The van der Waals surface area contributed by atoms with Gasteiger partial charge >= 0.3 is 0 Å². The van der Waals surface area contributed by atoms with E-state index >= 15 is 0 Å². The lowest BCUT2D eigenvalue weighted by Gasteiger charge is -2.17. The number of H-pyrrole nitrogens is 1. The van der Waals surface area contributed by atoms with Gasteiger partial charge in [-0.15, -0.1) is 0 Å². The first-order chi connectivity index (χ1) is 7.46. The van der Waals surface area contributed by atoms with E-state index in [4.69, 9.17) is 0 Å². The molecule has 4 heteroatoms. The van der Waals surface area contributed by atoms with Crippen molar-refractivity contribution in [2.24, 2.45) is 5.41 Å². The number of rotatable bonds is 2. The van der Waals surface area contributed by atoms with Gasteiger partial charge in [0.25, 0.3) is 5.91 Å². The molecule has 16 heavy (non-hydrogen) atoms. The molecule has 88 valence electrons. The van der Waals surface area contributed by atoms with Crippen molar-refractivity contribution in [2.75, 3.05) is 0 Å². The second-order valence-electron chi connectivity index (χ2n) is 5.31. The topological polar surface area (TPSA) is 44.9 Å². The van der Waals surface area contributed by atoms with Gasteiger partial charge in [0, 0.05) is 16.7 Å². The van der Waals surface area contributed by atoms with Crippen molar-refractivity contribution in [1.29, 1.82) is 0 Å². The number of aromatic nitrogens is 1. The van der Waals surface area contributed by atoms with Crippen LogP contribution in [0.1, 0.15) is 43.6 Å². The molecule has 0 radical (unpaired) electrons. The second kappa shape index (κ2) is 4.24. The van der Waals surface area contributed by atoms with Crippen LogP contribution in [0.25, 0.3) is 0 Å². The molecule has 1 unspecified atom stereocenters. The molecule has 3 nitrogen and oxygen atoms in total. The van der Waals surface area contributed by atoms with Gasteiger partial charge in [-0.1, -0.05) is 13.8 Å². The van der Waals surface area contributed by atoms with Crippen LogP contribution in [-0.2, 0) is 0 Å². The largest absolute Gasteiger partial charge is 0.356 e. The molecule has 2 N–H and O–H groups in total. The van der Waals surface area contributed by atoms with E-state index in [2.05, 4.69) is 40.1 Å². The van der Waals surface area contributed by atoms with E-state index in [-0.39, 0.29) is 5.91 Å². The van der Waals surface area contributed by atoms with E-state index in [9.17, 15) is 4.79 Å². The van der Waals surface area contributed by atoms with Crippen LogP contribution in [0.15, 0.2) is 16.7 Å². The SMILES string of the molecule is CC1(C)CCC(NC(=O)c2cc(Br)c[nH]2)C1. The van der Waals surface area contributed by atoms with Crippen molar-refractivity contribution < 1.29 is 4.79 Å². The van der Waals surface area contributed by atoms with Crippen LogP contribution in [0.5, 0.6) is 0 Å². The summed E-state index contributed by atoms with van der Waals surface area (Å²) in [6.07, 6.45) is 5.11. The molecule has 0 bridgehead atoms. The maximum absolute atomic E-state index is 11.9. The molecular formula is C12H17BrN2O. The third-order valence-electron chi connectivity index (χ3n) is 3.20. The number of halogens is 1. The van der Waals surface area contributed by atoms with Crippen LogP contribution >= 0.6 is 15.9 Å². The van der Waals surface area contributed by atoms with Crippen LogP contribution in [0.3, 0.4) is 0 Å². The minimum absolute atomic E-state index is 0.00611. The summed E-state index contributed by atoms with van der Waals surface area (Å²) in [4.78, 5) is 14.8. The molecule has 1 saturated carbocycles. The highest BCUT2D eigenvalue weighted by Gasteiger charge is 2.31. The Kier molecular flexibility index (Phi) is 3.10. The van der Waals surface area contributed by atoms with E-state index in [0.717, 1.165) is 17.3 Å². The Labute approximate surface area is 104 Å². The molecule has 1 aliphatic rings. The van der Waals surface area contributed by atoms with E-state index in [0.29, 0.717) is 17.2 Å². The molecule has 1 heterocycles. The van der Waals surface area contributed by atoms with Gasteiger partial charge in [0.1, 0.15) is 5.69 Å². The third-order valence-corrected chi connectivity index (χ3v) is 3.65. The molecule has 0 spiro atoms. The summed E-state index contributed by atoms with van der Waals surface area (Å²) < 4.78 is 0.907. The molecule has 1 aliphatic carbocycles. The van der Waals surface area contributed by atoms with Gasteiger partial charge in [0.05, 0.1) is 0 Å². The van der Waals surface area contributed by atoms with Gasteiger partial charge in [-0.05, 0) is 46.7 Å². The average molecular weight is 285 g/mol. The molecule has 1 atom stereocenters. The second-order valence-corrected chi connectivity index (χ2v) is 6.22. The number of amides is 1. The van der Waals surface area contributed by atoms with Crippen molar-refractivity contribution in [3.63, 3.8) is 0 Å². The Balaban J connectivity index is 1.94. The molecule has 2 rings (SSSR count). The van der Waals surface area contributed by atoms with Crippen LogP contribution in [0.2, 0.25) is 0 Å². The lowest BCUT2D eigenvalue weighted by Crippen LogP contribution is -2.33. The quantitative estimate of drug-likeness (QED) is 0.861. The zero-order chi connectivity index (χ0) is 11.8. The van der Waals surface area contributed by atoms with Crippen molar-refractivity contribution >= 4 is 21.8 Å². The highest BCUT2D eigenvalue weighted by molar-refractivity contribution is 9.10. The predicted molar refractivity (Wildman–Crippen MR) is 67.4 cm³/mol. The molecule has 1 aromatic heterocycles. The Morgan fingerprint density at radius 2 is 2.38 bits per heavy atom. The van der Waals surface area contributed by atoms with Gasteiger partial charge < -0.3 is 10.3 Å². The van der Waals surface area contributed by atoms with Crippen LogP contribution in [-0.4, -0.2) is 16.9 Å². The average Bonchev–Trinajstić information content (AvgIpc) is 2.73. The lowest BCUT2D eigenvalue weighted by molar-refractivity contribution is 0.0931. The van der Waals surface area contributed by atoms with E-state index in [1.54, 1.807) is 12.3 Å². The number of hydrogen-bond donors (Lipinski definition) is 2. The molecule has 0 aliphatic heterocycles.